The van der Waals surface area contributed by atoms with Gasteiger partial charge in [0.2, 0.25) is 0 Å². The largest absolute Gasteiger partial charge is 0.418 e. The molecule has 0 saturated carbocycles. The highest BCUT2D eigenvalue weighted by molar-refractivity contribution is 5.94. The number of anilines is 1. The SMILES string of the molecule is CCNC(=O)c1ccc(NC)c(C(F)(F)F)c1. The van der Waals surface area contributed by atoms with Crippen LogP contribution in [0, 0.1) is 0 Å². The van der Waals surface area contributed by atoms with Gasteiger partial charge in [-0.15, -0.1) is 0 Å². The molecule has 0 spiro atoms. The van der Waals surface area contributed by atoms with Gasteiger partial charge in [-0.2, -0.15) is 13.2 Å². The quantitative estimate of drug-likeness (QED) is 0.860. The van der Waals surface area contributed by atoms with Gasteiger partial charge < -0.3 is 10.6 Å². The normalized spacial score (nSPS) is 11.1. The van der Waals surface area contributed by atoms with Crippen LogP contribution in [-0.4, -0.2) is 19.5 Å². The lowest BCUT2D eigenvalue weighted by molar-refractivity contribution is -0.136. The maximum atomic E-state index is 12.7. The second-order valence-corrected chi connectivity index (χ2v) is 3.37. The van der Waals surface area contributed by atoms with Crippen LogP contribution in [0.2, 0.25) is 0 Å². The summed E-state index contributed by atoms with van der Waals surface area (Å²) in [6.07, 6.45) is -4.49. The summed E-state index contributed by atoms with van der Waals surface area (Å²) in [5.41, 5.74) is -0.896. The Bertz CT molecular complexity index is 416. The fourth-order valence-electron chi connectivity index (χ4n) is 1.40. The molecule has 17 heavy (non-hydrogen) atoms. The lowest BCUT2D eigenvalue weighted by Gasteiger charge is -2.13. The fraction of sp³-hybridized carbons (Fsp3) is 0.364. The molecule has 0 fully saturated rings. The second-order valence-electron chi connectivity index (χ2n) is 3.37. The first-order valence-electron chi connectivity index (χ1n) is 5.07. The van der Waals surface area contributed by atoms with Crippen LogP contribution in [0.25, 0.3) is 0 Å². The van der Waals surface area contributed by atoms with E-state index in [2.05, 4.69) is 10.6 Å². The van der Waals surface area contributed by atoms with Crippen molar-refractivity contribution in [3.05, 3.63) is 29.3 Å². The molecule has 0 aromatic heterocycles. The van der Waals surface area contributed by atoms with E-state index in [0.717, 1.165) is 6.07 Å². The molecule has 6 heteroatoms. The smallest absolute Gasteiger partial charge is 0.388 e. The zero-order chi connectivity index (χ0) is 13.1. The summed E-state index contributed by atoms with van der Waals surface area (Å²) in [5, 5.41) is 4.90. The van der Waals surface area contributed by atoms with Crippen molar-refractivity contribution in [2.75, 3.05) is 18.9 Å². The van der Waals surface area contributed by atoms with Crippen LogP contribution in [0.15, 0.2) is 18.2 Å². The van der Waals surface area contributed by atoms with Crippen LogP contribution in [0.1, 0.15) is 22.8 Å². The second kappa shape index (κ2) is 5.07. The van der Waals surface area contributed by atoms with E-state index < -0.39 is 17.6 Å². The van der Waals surface area contributed by atoms with Gasteiger partial charge in [0.05, 0.1) is 5.56 Å². The van der Waals surface area contributed by atoms with Crippen molar-refractivity contribution in [2.24, 2.45) is 0 Å². The Hall–Kier alpha value is -1.72. The van der Waals surface area contributed by atoms with Gasteiger partial charge in [0.1, 0.15) is 0 Å². The van der Waals surface area contributed by atoms with E-state index in [4.69, 9.17) is 0 Å². The van der Waals surface area contributed by atoms with Gasteiger partial charge >= 0.3 is 6.18 Å². The van der Waals surface area contributed by atoms with Crippen LogP contribution in [0.5, 0.6) is 0 Å². The molecule has 0 atom stereocenters. The lowest BCUT2D eigenvalue weighted by atomic mass is 10.1. The number of amides is 1. The Morgan fingerprint density at radius 3 is 2.47 bits per heavy atom. The van der Waals surface area contributed by atoms with Crippen LogP contribution in [-0.2, 0) is 6.18 Å². The summed E-state index contributed by atoms with van der Waals surface area (Å²) in [6.45, 7) is 2.07. The Labute approximate surface area is 97.0 Å². The molecule has 0 bridgehead atoms. The minimum Gasteiger partial charge on any atom is -0.388 e. The highest BCUT2D eigenvalue weighted by atomic mass is 19.4. The number of hydrogen-bond donors (Lipinski definition) is 2. The van der Waals surface area contributed by atoms with Gasteiger partial charge in [-0.3, -0.25) is 4.79 Å². The first-order valence-corrected chi connectivity index (χ1v) is 5.07. The monoisotopic (exact) mass is 246 g/mol. The minimum absolute atomic E-state index is 0.00169. The van der Waals surface area contributed by atoms with Crippen molar-refractivity contribution in [1.82, 2.24) is 5.32 Å². The number of benzene rings is 1. The number of carbonyl (C=O) groups excluding carboxylic acids is 1. The topological polar surface area (TPSA) is 41.1 Å². The Morgan fingerprint density at radius 2 is 2.00 bits per heavy atom. The number of carbonyl (C=O) groups is 1. The highest BCUT2D eigenvalue weighted by Crippen LogP contribution is 2.35. The number of rotatable bonds is 3. The number of nitrogens with one attached hydrogen (secondary N) is 2. The zero-order valence-corrected chi connectivity index (χ0v) is 9.48. The molecule has 0 radical (unpaired) electrons. The number of alkyl halides is 3. The summed E-state index contributed by atoms with van der Waals surface area (Å²) < 4.78 is 38.1. The van der Waals surface area contributed by atoms with Crippen molar-refractivity contribution < 1.29 is 18.0 Å². The molecule has 0 aliphatic rings. The van der Waals surface area contributed by atoms with E-state index >= 15 is 0 Å². The third-order valence-corrected chi connectivity index (χ3v) is 2.19. The summed E-state index contributed by atoms with van der Waals surface area (Å²) in [7, 11) is 1.40. The van der Waals surface area contributed by atoms with Gasteiger partial charge in [-0.05, 0) is 25.1 Å². The first-order chi connectivity index (χ1) is 7.90. The predicted octanol–water partition coefficient (Wildman–Crippen LogP) is 2.50. The van der Waals surface area contributed by atoms with E-state index in [0.29, 0.717) is 6.54 Å². The Morgan fingerprint density at radius 1 is 1.35 bits per heavy atom. The molecular formula is C11H13F3N2O. The summed E-state index contributed by atoms with van der Waals surface area (Å²) in [4.78, 5) is 11.4. The van der Waals surface area contributed by atoms with Crippen LogP contribution < -0.4 is 10.6 Å². The zero-order valence-electron chi connectivity index (χ0n) is 9.48. The molecule has 1 aromatic carbocycles. The van der Waals surface area contributed by atoms with Crippen LogP contribution in [0.3, 0.4) is 0 Å². The minimum atomic E-state index is -4.49. The highest BCUT2D eigenvalue weighted by Gasteiger charge is 2.34. The molecule has 1 rings (SSSR count). The van der Waals surface area contributed by atoms with Crippen molar-refractivity contribution in [2.45, 2.75) is 13.1 Å². The van der Waals surface area contributed by atoms with Crippen molar-refractivity contribution >= 4 is 11.6 Å². The number of hydrogen-bond acceptors (Lipinski definition) is 2. The van der Waals surface area contributed by atoms with E-state index in [1.807, 2.05) is 0 Å². The molecule has 1 aromatic rings. The molecule has 0 aliphatic heterocycles. The molecular weight excluding hydrogens is 233 g/mol. The van der Waals surface area contributed by atoms with Gasteiger partial charge in [-0.25, -0.2) is 0 Å². The van der Waals surface area contributed by atoms with Crippen LogP contribution >= 0.6 is 0 Å². The van der Waals surface area contributed by atoms with Crippen LogP contribution in [0.4, 0.5) is 18.9 Å². The molecule has 3 nitrogen and oxygen atoms in total. The maximum Gasteiger partial charge on any atom is 0.418 e. The van der Waals surface area contributed by atoms with Gasteiger partial charge in [-0.1, -0.05) is 0 Å². The van der Waals surface area contributed by atoms with E-state index in [1.165, 1.54) is 19.2 Å². The summed E-state index contributed by atoms with van der Waals surface area (Å²) in [5.74, 6) is -0.513. The molecule has 0 heterocycles. The lowest BCUT2D eigenvalue weighted by Crippen LogP contribution is -2.23. The average Bonchev–Trinajstić information content (AvgIpc) is 2.27. The Kier molecular flexibility index (Phi) is 3.98. The van der Waals surface area contributed by atoms with E-state index in [1.54, 1.807) is 6.92 Å². The van der Waals surface area contributed by atoms with Gasteiger partial charge in [0, 0.05) is 24.8 Å². The van der Waals surface area contributed by atoms with Crippen molar-refractivity contribution in [1.29, 1.82) is 0 Å². The first kappa shape index (κ1) is 13.3. The molecule has 2 N–H and O–H groups in total. The van der Waals surface area contributed by atoms with E-state index in [-0.39, 0.29) is 11.3 Å². The molecule has 0 unspecified atom stereocenters. The van der Waals surface area contributed by atoms with Crippen molar-refractivity contribution in [3.8, 4) is 0 Å². The Balaban J connectivity index is 3.18. The summed E-state index contributed by atoms with van der Waals surface area (Å²) >= 11 is 0. The van der Waals surface area contributed by atoms with Gasteiger partial charge in [0.25, 0.3) is 5.91 Å². The average molecular weight is 246 g/mol. The van der Waals surface area contributed by atoms with Gasteiger partial charge in [0.15, 0.2) is 0 Å². The molecule has 1 amide bonds. The summed E-state index contributed by atoms with van der Waals surface area (Å²) in [6, 6.07) is 3.44. The van der Waals surface area contributed by atoms with E-state index in [9.17, 15) is 18.0 Å². The molecule has 94 valence electrons. The predicted molar refractivity (Wildman–Crippen MR) is 59.0 cm³/mol. The third kappa shape index (κ3) is 3.12. The fourth-order valence-corrected chi connectivity index (χ4v) is 1.40. The number of halogens is 3. The molecule has 0 aliphatic carbocycles. The molecule has 0 saturated heterocycles. The standard InChI is InChI=1S/C11H13F3N2O/c1-3-16-10(17)7-4-5-9(15-2)8(6-7)11(12,13)14/h4-6,15H,3H2,1-2H3,(H,16,17). The van der Waals surface area contributed by atoms with Crippen molar-refractivity contribution in [3.63, 3.8) is 0 Å². The maximum absolute atomic E-state index is 12.7. The third-order valence-electron chi connectivity index (χ3n) is 2.19.